The Balaban J connectivity index is 1.63. The van der Waals surface area contributed by atoms with Gasteiger partial charge in [0.05, 0.1) is 12.6 Å². The van der Waals surface area contributed by atoms with Gasteiger partial charge in [-0.1, -0.05) is 17.7 Å². The lowest BCUT2D eigenvalue weighted by molar-refractivity contribution is 0.0642. The Morgan fingerprint density at radius 3 is 2.76 bits per heavy atom. The van der Waals surface area contributed by atoms with Crippen molar-refractivity contribution >= 4 is 17.7 Å². The molecule has 0 N–H and O–H groups in total. The number of aromatic nitrogens is 2. The topological polar surface area (TPSA) is 71.7 Å². The number of piperazine rings is 1. The van der Waals surface area contributed by atoms with Gasteiger partial charge in [0.1, 0.15) is 0 Å². The molecule has 1 unspecified atom stereocenters. The van der Waals surface area contributed by atoms with Crippen LogP contribution in [0.15, 0.2) is 28.7 Å². The molecule has 25 heavy (non-hydrogen) atoms. The molecule has 2 heterocycles. The van der Waals surface area contributed by atoms with Gasteiger partial charge in [-0.05, 0) is 32.0 Å². The Hall–Kier alpha value is -2.12. The number of carbonyl (C=O) groups excluding carboxylic acids is 1. The van der Waals surface area contributed by atoms with E-state index < -0.39 is 0 Å². The summed E-state index contributed by atoms with van der Waals surface area (Å²) in [5.41, 5.74) is 0.797. The third-order valence-electron chi connectivity index (χ3n) is 4.26. The van der Waals surface area contributed by atoms with E-state index in [0.29, 0.717) is 36.5 Å². The number of amides is 1. The van der Waals surface area contributed by atoms with Crippen LogP contribution in [-0.2, 0) is 4.74 Å². The lowest BCUT2D eigenvalue weighted by atomic mass is 10.2. The van der Waals surface area contributed by atoms with Gasteiger partial charge in [-0.3, -0.25) is 4.90 Å². The van der Waals surface area contributed by atoms with Crippen LogP contribution in [-0.4, -0.2) is 58.9 Å². The second-order valence-electron chi connectivity index (χ2n) is 5.85. The maximum absolute atomic E-state index is 11.8. The summed E-state index contributed by atoms with van der Waals surface area (Å²) >= 11 is 6.01. The molecule has 0 aliphatic carbocycles. The summed E-state index contributed by atoms with van der Waals surface area (Å²) in [6, 6.07) is 7.30. The van der Waals surface area contributed by atoms with E-state index in [9.17, 15) is 4.79 Å². The van der Waals surface area contributed by atoms with Crippen molar-refractivity contribution < 1.29 is 13.9 Å². The van der Waals surface area contributed by atoms with Crippen LogP contribution < -0.4 is 0 Å². The van der Waals surface area contributed by atoms with Crippen LogP contribution >= 0.6 is 11.6 Å². The number of halogens is 1. The molecule has 1 atom stereocenters. The van der Waals surface area contributed by atoms with Crippen molar-refractivity contribution in [1.29, 1.82) is 0 Å². The molecule has 1 aliphatic heterocycles. The molecule has 0 radical (unpaired) electrons. The van der Waals surface area contributed by atoms with Crippen molar-refractivity contribution in [2.24, 2.45) is 0 Å². The van der Waals surface area contributed by atoms with Crippen LogP contribution in [0, 0.1) is 0 Å². The van der Waals surface area contributed by atoms with Gasteiger partial charge < -0.3 is 14.1 Å². The van der Waals surface area contributed by atoms with Crippen molar-refractivity contribution in [3.05, 3.63) is 35.2 Å². The first-order chi connectivity index (χ1) is 12.1. The molecule has 0 bridgehead atoms. The predicted octanol–water partition coefficient (Wildman–Crippen LogP) is 3.23. The van der Waals surface area contributed by atoms with E-state index in [1.54, 1.807) is 17.0 Å². The van der Waals surface area contributed by atoms with E-state index in [0.717, 1.165) is 18.7 Å². The highest BCUT2D eigenvalue weighted by Crippen LogP contribution is 2.26. The number of benzene rings is 1. The van der Waals surface area contributed by atoms with Gasteiger partial charge in [0, 0.05) is 36.8 Å². The van der Waals surface area contributed by atoms with Gasteiger partial charge in [-0.2, -0.15) is 0 Å². The lowest BCUT2D eigenvalue weighted by Gasteiger charge is -2.36. The largest absolute Gasteiger partial charge is 0.450 e. The minimum atomic E-state index is -0.254. The van der Waals surface area contributed by atoms with Crippen LogP contribution in [0.4, 0.5) is 4.79 Å². The zero-order valence-corrected chi connectivity index (χ0v) is 15.1. The quantitative estimate of drug-likeness (QED) is 0.829. The number of nitrogens with zero attached hydrogens (tertiary/aromatic N) is 4. The fourth-order valence-corrected chi connectivity index (χ4v) is 2.99. The minimum Gasteiger partial charge on any atom is -0.450 e. The highest BCUT2D eigenvalue weighted by Gasteiger charge is 2.28. The Morgan fingerprint density at radius 2 is 2.08 bits per heavy atom. The van der Waals surface area contributed by atoms with Crippen molar-refractivity contribution in [3.8, 4) is 11.5 Å². The van der Waals surface area contributed by atoms with Crippen molar-refractivity contribution in [2.75, 3.05) is 32.8 Å². The van der Waals surface area contributed by atoms with Gasteiger partial charge in [0.25, 0.3) is 0 Å². The second-order valence-corrected chi connectivity index (χ2v) is 6.29. The van der Waals surface area contributed by atoms with Crippen LogP contribution in [0.25, 0.3) is 11.5 Å². The van der Waals surface area contributed by atoms with E-state index >= 15 is 0 Å². The highest BCUT2D eigenvalue weighted by atomic mass is 35.5. The van der Waals surface area contributed by atoms with Crippen LogP contribution in [0.3, 0.4) is 0 Å². The molecule has 1 fully saturated rings. The molecule has 0 spiro atoms. The molecule has 7 nitrogen and oxygen atoms in total. The fourth-order valence-electron chi connectivity index (χ4n) is 2.80. The second kappa shape index (κ2) is 7.84. The summed E-state index contributed by atoms with van der Waals surface area (Å²) in [5, 5.41) is 8.92. The number of rotatable bonds is 4. The van der Waals surface area contributed by atoms with Gasteiger partial charge in [-0.25, -0.2) is 4.79 Å². The molecule has 1 amide bonds. The Morgan fingerprint density at radius 1 is 1.32 bits per heavy atom. The Labute approximate surface area is 151 Å². The zero-order chi connectivity index (χ0) is 17.8. The predicted molar refractivity (Wildman–Crippen MR) is 93.3 cm³/mol. The monoisotopic (exact) mass is 364 g/mol. The minimum absolute atomic E-state index is 0.0234. The first-order valence-corrected chi connectivity index (χ1v) is 8.71. The van der Waals surface area contributed by atoms with Crippen LogP contribution in [0.1, 0.15) is 25.8 Å². The summed E-state index contributed by atoms with van der Waals surface area (Å²) in [5.74, 6) is 1.01. The molecular weight excluding hydrogens is 344 g/mol. The Kier molecular flexibility index (Phi) is 5.55. The highest BCUT2D eigenvalue weighted by molar-refractivity contribution is 6.30. The van der Waals surface area contributed by atoms with Gasteiger partial charge >= 0.3 is 6.09 Å². The molecule has 1 aromatic carbocycles. The van der Waals surface area contributed by atoms with Crippen molar-refractivity contribution in [3.63, 3.8) is 0 Å². The third kappa shape index (κ3) is 4.11. The van der Waals surface area contributed by atoms with Crippen LogP contribution in [0.5, 0.6) is 0 Å². The van der Waals surface area contributed by atoms with E-state index in [4.69, 9.17) is 20.8 Å². The van der Waals surface area contributed by atoms with E-state index in [1.807, 2.05) is 26.0 Å². The molecule has 3 rings (SSSR count). The number of ether oxygens (including phenoxy) is 1. The van der Waals surface area contributed by atoms with Crippen molar-refractivity contribution in [2.45, 2.75) is 19.9 Å². The average molecular weight is 365 g/mol. The Bertz CT molecular complexity index is 728. The zero-order valence-electron chi connectivity index (χ0n) is 14.3. The molecular formula is C17H21ClN4O3. The average Bonchev–Trinajstić information content (AvgIpc) is 3.11. The lowest BCUT2D eigenvalue weighted by Crippen LogP contribution is -2.49. The SMILES string of the molecule is CCOC(=O)N1CCN(C(C)c2nnc(-c3cccc(Cl)c3)o2)CC1. The van der Waals surface area contributed by atoms with Gasteiger partial charge in [-0.15, -0.1) is 10.2 Å². The molecule has 2 aromatic rings. The third-order valence-corrected chi connectivity index (χ3v) is 4.49. The summed E-state index contributed by atoms with van der Waals surface area (Å²) in [6.07, 6.45) is -0.254. The molecule has 134 valence electrons. The molecule has 1 saturated heterocycles. The van der Waals surface area contributed by atoms with E-state index in [-0.39, 0.29) is 12.1 Å². The molecule has 8 heteroatoms. The van der Waals surface area contributed by atoms with Crippen LogP contribution in [0.2, 0.25) is 5.02 Å². The smallest absolute Gasteiger partial charge is 0.409 e. The molecule has 1 aliphatic rings. The molecule has 0 saturated carbocycles. The normalized spacial score (nSPS) is 16.7. The molecule has 1 aromatic heterocycles. The number of carbonyl (C=O) groups is 1. The standard InChI is InChI=1S/C17H21ClN4O3/c1-3-24-17(23)22-9-7-21(8-10-22)12(2)15-19-20-16(25-15)13-5-4-6-14(18)11-13/h4-6,11-12H,3,7-10H2,1-2H3. The first kappa shape index (κ1) is 17.7. The maximum Gasteiger partial charge on any atom is 0.409 e. The van der Waals surface area contributed by atoms with E-state index in [2.05, 4.69) is 15.1 Å². The number of hydrogen-bond acceptors (Lipinski definition) is 6. The summed E-state index contributed by atoms with van der Waals surface area (Å²) in [7, 11) is 0. The van der Waals surface area contributed by atoms with Gasteiger partial charge in [0.15, 0.2) is 0 Å². The fraction of sp³-hybridized carbons (Fsp3) is 0.471. The first-order valence-electron chi connectivity index (χ1n) is 8.33. The number of hydrogen-bond donors (Lipinski definition) is 0. The summed E-state index contributed by atoms with van der Waals surface area (Å²) < 4.78 is 10.9. The van der Waals surface area contributed by atoms with Crippen molar-refractivity contribution in [1.82, 2.24) is 20.0 Å². The summed E-state index contributed by atoms with van der Waals surface area (Å²) in [4.78, 5) is 15.7. The summed E-state index contributed by atoms with van der Waals surface area (Å²) in [6.45, 7) is 6.93. The van der Waals surface area contributed by atoms with Gasteiger partial charge in [0.2, 0.25) is 11.8 Å². The maximum atomic E-state index is 11.8. The van der Waals surface area contributed by atoms with E-state index in [1.165, 1.54) is 0 Å².